The van der Waals surface area contributed by atoms with Gasteiger partial charge in [-0.15, -0.1) is 0 Å². The molecular formula is C14H9N5O3. The van der Waals surface area contributed by atoms with E-state index in [0.29, 0.717) is 15.6 Å². The SMILES string of the molecule is N#Cc1c(N)cc(=O)n(-c2nc3ccccc3[nH]c2=O)c1O. The van der Waals surface area contributed by atoms with E-state index in [-0.39, 0.29) is 17.1 Å². The molecule has 0 aliphatic rings. The van der Waals surface area contributed by atoms with Gasteiger partial charge in [-0.1, -0.05) is 12.1 Å². The van der Waals surface area contributed by atoms with Crippen LogP contribution in [-0.4, -0.2) is 19.6 Å². The molecule has 8 heteroatoms. The lowest BCUT2D eigenvalue weighted by atomic mass is 10.2. The molecule has 0 spiro atoms. The van der Waals surface area contributed by atoms with E-state index in [9.17, 15) is 14.7 Å². The van der Waals surface area contributed by atoms with Crippen molar-refractivity contribution in [1.29, 1.82) is 5.26 Å². The summed E-state index contributed by atoms with van der Waals surface area (Å²) in [6, 6.07) is 9.36. The quantitative estimate of drug-likeness (QED) is 0.587. The number of pyridine rings is 1. The van der Waals surface area contributed by atoms with Gasteiger partial charge < -0.3 is 15.8 Å². The van der Waals surface area contributed by atoms with Crippen LogP contribution in [0, 0.1) is 11.3 Å². The minimum absolute atomic E-state index is 0.168. The average molecular weight is 295 g/mol. The number of hydrogen-bond acceptors (Lipinski definition) is 6. The zero-order chi connectivity index (χ0) is 15.9. The molecule has 108 valence electrons. The predicted molar refractivity (Wildman–Crippen MR) is 78.8 cm³/mol. The number of nitrogen functional groups attached to an aromatic ring is 1. The van der Waals surface area contributed by atoms with Gasteiger partial charge in [-0.3, -0.25) is 9.59 Å². The number of para-hydroxylation sites is 2. The van der Waals surface area contributed by atoms with E-state index in [2.05, 4.69) is 9.97 Å². The fourth-order valence-corrected chi connectivity index (χ4v) is 2.11. The number of aromatic amines is 1. The third-order valence-corrected chi connectivity index (χ3v) is 3.13. The fourth-order valence-electron chi connectivity index (χ4n) is 2.11. The van der Waals surface area contributed by atoms with Gasteiger partial charge in [0.25, 0.3) is 11.1 Å². The molecule has 3 aromatic rings. The highest BCUT2D eigenvalue weighted by molar-refractivity contribution is 5.74. The first kappa shape index (κ1) is 13.4. The van der Waals surface area contributed by atoms with Gasteiger partial charge in [-0.25, -0.2) is 9.55 Å². The molecule has 2 heterocycles. The largest absolute Gasteiger partial charge is 0.493 e. The van der Waals surface area contributed by atoms with E-state index < -0.39 is 17.0 Å². The Bertz CT molecular complexity index is 1060. The lowest BCUT2D eigenvalue weighted by molar-refractivity contribution is 0.432. The Morgan fingerprint density at radius 2 is 2.05 bits per heavy atom. The predicted octanol–water partition coefficient (Wildman–Crippen LogP) is 0.233. The van der Waals surface area contributed by atoms with Crippen LogP contribution < -0.4 is 16.9 Å². The molecule has 8 nitrogen and oxygen atoms in total. The number of nitrogens with zero attached hydrogens (tertiary/aromatic N) is 3. The molecule has 22 heavy (non-hydrogen) atoms. The molecule has 0 unspecified atom stereocenters. The number of hydrogen-bond donors (Lipinski definition) is 3. The van der Waals surface area contributed by atoms with Crippen LogP contribution in [0.15, 0.2) is 39.9 Å². The summed E-state index contributed by atoms with van der Waals surface area (Å²) in [5.74, 6) is -1.06. The van der Waals surface area contributed by atoms with Gasteiger partial charge in [0, 0.05) is 6.07 Å². The Balaban J connectivity index is 2.43. The molecule has 0 aliphatic carbocycles. The second-order valence-corrected chi connectivity index (χ2v) is 4.49. The average Bonchev–Trinajstić information content (AvgIpc) is 2.47. The maximum Gasteiger partial charge on any atom is 0.292 e. The molecule has 0 fully saturated rings. The topological polar surface area (TPSA) is 138 Å². The van der Waals surface area contributed by atoms with Crippen molar-refractivity contribution in [3.63, 3.8) is 0 Å². The molecule has 0 saturated heterocycles. The fraction of sp³-hybridized carbons (Fsp3) is 0. The van der Waals surface area contributed by atoms with Gasteiger partial charge in [0.1, 0.15) is 11.6 Å². The lowest BCUT2D eigenvalue weighted by Crippen LogP contribution is -2.27. The van der Waals surface area contributed by atoms with Crippen molar-refractivity contribution in [2.45, 2.75) is 0 Å². The number of nitriles is 1. The Hall–Kier alpha value is -3.60. The summed E-state index contributed by atoms with van der Waals surface area (Å²) in [6.07, 6.45) is 0. The zero-order valence-corrected chi connectivity index (χ0v) is 11.1. The van der Waals surface area contributed by atoms with Crippen molar-refractivity contribution in [1.82, 2.24) is 14.5 Å². The van der Waals surface area contributed by atoms with Gasteiger partial charge in [-0.2, -0.15) is 5.26 Å². The minimum atomic E-state index is -0.762. The summed E-state index contributed by atoms with van der Waals surface area (Å²) < 4.78 is 0.653. The molecular weight excluding hydrogens is 286 g/mol. The number of fused-ring (bicyclic) bond motifs is 1. The number of aromatic nitrogens is 3. The molecule has 0 atom stereocenters. The number of nitrogens with one attached hydrogen (secondary N) is 1. The number of nitrogens with two attached hydrogens (primary N) is 1. The van der Waals surface area contributed by atoms with Crippen molar-refractivity contribution in [3.8, 4) is 17.8 Å². The molecule has 0 amide bonds. The third kappa shape index (κ3) is 1.89. The molecule has 3 rings (SSSR count). The van der Waals surface area contributed by atoms with Gasteiger partial charge in [0.2, 0.25) is 11.7 Å². The monoisotopic (exact) mass is 295 g/mol. The number of H-pyrrole nitrogens is 1. The number of benzene rings is 1. The highest BCUT2D eigenvalue weighted by Gasteiger charge is 2.18. The summed E-state index contributed by atoms with van der Waals surface area (Å²) in [4.78, 5) is 30.8. The molecule has 0 radical (unpaired) electrons. The highest BCUT2D eigenvalue weighted by atomic mass is 16.3. The Kier molecular flexibility index (Phi) is 2.89. The standard InChI is InChI=1S/C14H9N5O3/c15-6-7-8(16)5-11(20)19(14(7)22)12-13(21)18-10-4-2-1-3-9(10)17-12/h1-5,22H,16H2,(H,18,21). The third-order valence-electron chi connectivity index (χ3n) is 3.13. The van der Waals surface area contributed by atoms with E-state index in [1.807, 2.05) is 0 Å². The molecule has 1 aromatic carbocycles. The van der Waals surface area contributed by atoms with Crippen molar-refractivity contribution in [3.05, 3.63) is 56.6 Å². The highest BCUT2D eigenvalue weighted by Crippen LogP contribution is 2.21. The second-order valence-electron chi connectivity index (χ2n) is 4.49. The maximum atomic E-state index is 12.1. The van der Waals surface area contributed by atoms with Crippen LogP contribution in [0.5, 0.6) is 5.88 Å². The zero-order valence-electron chi connectivity index (χ0n) is 11.1. The van der Waals surface area contributed by atoms with Crippen LogP contribution in [0.1, 0.15) is 5.56 Å². The van der Waals surface area contributed by atoms with Gasteiger partial charge in [-0.05, 0) is 12.1 Å². The summed E-state index contributed by atoms with van der Waals surface area (Å²) in [7, 11) is 0. The van der Waals surface area contributed by atoms with E-state index in [4.69, 9.17) is 11.0 Å². The van der Waals surface area contributed by atoms with Crippen molar-refractivity contribution in [2.24, 2.45) is 0 Å². The maximum absolute atomic E-state index is 12.1. The Morgan fingerprint density at radius 3 is 2.77 bits per heavy atom. The second kappa shape index (κ2) is 4.75. The summed E-state index contributed by atoms with van der Waals surface area (Å²) in [5, 5.41) is 19.1. The van der Waals surface area contributed by atoms with Gasteiger partial charge in [0.15, 0.2) is 0 Å². The number of rotatable bonds is 1. The first-order valence-electron chi connectivity index (χ1n) is 6.17. The Labute approximate surface area is 122 Å². The smallest absolute Gasteiger partial charge is 0.292 e. The molecule has 2 aromatic heterocycles. The molecule has 0 aliphatic heterocycles. The molecule has 4 N–H and O–H groups in total. The van der Waals surface area contributed by atoms with E-state index in [1.54, 1.807) is 30.3 Å². The normalized spacial score (nSPS) is 10.5. The Morgan fingerprint density at radius 1 is 1.32 bits per heavy atom. The first-order chi connectivity index (χ1) is 10.5. The van der Waals surface area contributed by atoms with Crippen LogP contribution in [-0.2, 0) is 0 Å². The summed E-state index contributed by atoms with van der Waals surface area (Å²) in [6.45, 7) is 0. The van der Waals surface area contributed by atoms with Crippen LogP contribution >= 0.6 is 0 Å². The van der Waals surface area contributed by atoms with Crippen LogP contribution in [0.4, 0.5) is 5.69 Å². The van der Waals surface area contributed by atoms with Gasteiger partial charge >= 0.3 is 0 Å². The molecule has 0 saturated carbocycles. The number of aromatic hydroxyl groups is 1. The summed E-state index contributed by atoms with van der Waals surface area (Å²) >= 11 is 0. The van der Waals surface area contributed by atoms with Gasteiger partial charge in [0.05, 0.1) is 16.7 Å². The van der Waals surface area contributed by atoms with Crippen molar-refractivity contribution in [2.75, 3.05) is 5.73 Å². The van der Waals surface area contributed by atoms with Crippen molar-refractivity contribution < 1.29 is 5.11 Å². The van der Waals surface area contributed by atoms with Crippen molar-refractivity contribution >= 4 is 16.7 Å². The van der Waals surface area contributed by atoms with E-state index in [0.717, 1.165) is 6.07 Å². The van der Waals surface area contributed by atoms with Crippen LogP contribution in [0.3, 0.4) is 0 Å². The van der Waals surface area contributed by atoms with Crippen LogP contribution in [0.2, 0.25) is 0 Å². The van der Waals surface area contributed by atoms with E-state index >= 15 is 0 Å². The minimum Gasteiger partial charge on any atom is -0.493 e. The summed E-state index contributed by atoms with van der Waals surface area (Å²) in [5.41, 5.74) is 4.52. The first-order valence-corrected chi connectivity index (χ1v) is 6.17. The number of anilines is 1. The van der Waals surface area contributed by atoms with E-state index in [1.165, 1.54) is 0 Å². The lowest BCUT2D eigenvalue weighted by Gasteiger charge is -2.09. The molecule has 0 bridgehead atoms. The van der Waals surface area contributed by atoms with Crippen LogP contribution in [0.25, 0.3) is 16.9 Å².